The number of aromatic nitrogens is 1. The lowest BCUT2D eigenvalue weighted by Crippen LogP contribution is -1.87. The monoisotopic (exact) mass is 255 g/mol. The molecule has 0 radical (unpaired) electrons. The van der Waals surface area contributed by atoms with Gasteiger partial charge in [-0.25, -0.2) is 0 Å². The van der Waals surface area contributed by atoms with Gasteiger partial charge in [0.2, 0.25) is 0 Å². The number of nitrogens with one attached hydrogen (secondary N) is 1. The van der Waals surface area contributed by atoms with Crippen LogP contribution in [0.4, 0.5) is 0 Å². The molecule has 0 fully saturated rings. The van der Waals surface area contributed by atoms with Crippen LogP contribution in [0.15, 0.2) is 42.6 Å². The van der Waals surface area contributed by atoms with Gasteiger partial charge < -0.3 is 19.3 Å². The van der Waals surface area contributed by atoms with Crippen molar-refractivity contribution < 1.29 is 14.3 Å². The molecule has 0 saturated heterocycles. The summed E-state index contributed by atoms with van der Waals surface area (Å²) < 4.78 is 4.81. The second kappa shape index (κ2) is 4.39. The van der Waals surface area contributed by atoms with E-state index in [0.717, 1.165) is 11.3 Å². The highest BCUT2D eigenvalue weighted by molar-refractivity contribution is 8.06. The highest BCUT2D eigenvalue weighted by Gasteiger charge is 2.11. The number of aromatic amines is 1. The lowest BCUT2D eigenvalue weighted by Gasteiger charge is -2.06. The van der Waals surface area contributed by atoms with E-state index in [1.54, 1.807) is 6.07 Å². The van der Waals surface area contributed by atoms with Crippen molar-refractivity contribution in [2.24, 2.45) is 0 Å². The average Bonchev–Trinajstić information content (AvgIpc) is 2.65. The molecule has 1 aromatic heterocycles. The maximum Gasteiger partial charge on any atom is 0.375 e. The van der Waals surface area contributed by atoms with Gasteiger partial charge in [0, 0.05) is 29.8 Å². The molecular formula is C10H10NO3PS. The van der Waals surface area contributed by atoms with Crippen molar-refractivity contribution in [2.75, 3.05) is 0 Å². The molecule has 4 nitrogen and oxygen atoms in total. The van der Waals surface area contributed by atoms with Crippen LogP contribution in [0.5, 0.6) is 5.75 Å². The van der Waals surface area contributed by atoms with Crippen molar-refractivity contribution in [1.29, 1.82) is 0 Å². The molecule has 2 aromatic rings. The van der Waals surface area contributed by atoms with E-state index in [-0.39, 0.29) is 0 Å². The predicted octanol–water partition coefficient (Wildman–Crippen LogP) is 2.27. The number of H-pyrrole nitrogens is 1. The highest BCUT2D eigenvalue weighted by atomic mass is 32.5. The van der Waals surface area contributed by atoms with Crippen LogP contribution < -0.4 is 4.52 Å². The van der Waals surface area contributed by atoms with Gasteiger partial charge in [-0.15, -0.1) is 0 Å². The summed E-state index contributed by atoms with van der Waals surface area (Å²) in [7, 11) is 0. The van der Waals surface area contributed by atoms with Gasteiger partial charge in [0.25, 0.3) is 0 Å². The Balaban J connectivity index is 2.24. The second-order valence-electron chi connectivity index (χ2n) is 3.20. The van der Waals surface area contributed by atoms with Gasteiger partial charge in [-0.2, -0.15) is 0 Å². The van der Waals surface area contributed by atoms with Crippen molar-refractivity contribution in [3.8, 4) is 17.0 Å². The molecule has 3 N–H and O–H groups in total. The first-order chi connectivity index (χ1) is 7.54. The van der Waals surface area contributed by atoms with E-state index in [4.69, 9.17) is 14.3 Å². The molecule has 2 rings (SSSR count). The van der Waals surface area contributed by atoms with Gasteiger partial charge in [0.15, 0.2) is 0 Å². The molecule has 0 spiro atoms. The van der Waals surface area contributed by atoms with Crippen LogP contribution in [0.1, 0.15) is 0 Å². The van der Waals surface area contributed by atoms with Crippen LogP contribution in [0, 0.1) is 0 Å². The van der Waals surface area contributed by atoms with E-state index < -0.39 is 6.72 Å². The number of hydrogen-bond acceptors (Lipinski definition) is 2. The van der Waals surface area contributed by atoms with E-state index in [9.17, 15) is 0 Å². The van der Waals surface area contributed by atoms with E-state index in [1.165, 1.54) is 6.20 Å². The molecule has 0 saturated carbocycles. The summed E-state index contributed by atoms with van der Waals surface area (Å²) in [5.41, 5.74) is 1.82. The molecule has 0 aliphatic rings. The molecule has 0 unspecified atom stereocenters. The normalized spacial score (nSPS) is 11.4. The SMILES string of the molecule is OP(O)(=S)Oc1c[nH]c(-c2ccccc2)c1. The van der Waals surface area contributed by atoms with Crippen LogP contribution in [0.2, 0.25) is 0 Å². The molecule has 16 heavy (non-hydrogen) atoms. The lowest BCUT2D eigenvalue weighted by molar-refractivity contribution is 0.371. The number of rotatable bonds is 3. The van der Waals surface area contributed by atoms with Crippen molar-refractivity contribution >= 4 is 18.5 Å². The van der Waals surface area contributed by atoms with Crippen molar-refractivity contribution in [3.63, 3.8) is 0 Å². The maximum absolute atomic E-state index is 9.00. The Morgan fingerprint density at radius 2 is 1.88 bits per heavy atom. The van der Waals surface area contributed by atoms with Gasteiger partial charge in [0.1, 0.15) is 5.75 Å². The van der Waals surface area contributed by atoms with Gasteiger partial charge >= 0.3 is 6.72 Å². The lowest BCUT2D eigenvalue weighted by atomic mass is 10.2. The molecule has 0 atom stereocenters. The summed E-state index contributed by atoms with van der Waals surface area (Å²) in [5.74, 6) is 0.326. The Hall–Kier alpha value is -1.13. The zero-order valence-electron chi connectivity index (χ0n) is 8.20. The average molecular weight is 255 g/mol. The Bertz CT molecular complexity index is 520. The summed E-state index contributed by atoms with van der Waals surface area (Å²) in [5, 5.41) is 0. The van der Waals surface area contributed by atoms with E-state index in [2.05, 4.69) is 16.8 Å². The predicted molar refractivity (Wildman–Crippen MR) is 65.6 cm³/mol. The number of benzene rings is 1. The minimum absolute atomic E-state index is 0.326. The molecule has 0 amide bonds. The summed E-state index contributed by atoms with van der Waals surface area (Å²) in [4.78, 5) is 21.0. The van der Waals surface area contributed by atoms with Crippen molar-refractivity contribution in [1.82, 2.24) is 4.98 Å². The fourth-order valence-electron chi connectivity index (χ4n) is 1.35. The van der Waals surface area contributed by atoms with E-state index in [1.807, 2.05) is 30.3 Å². The van der Waals surface area contributed by atoms with Crippen LogP contribution in [0.3, 0.4) is 0 Å². The van der Waals surface area contributed by atoms with E-state index >= 15 is 0 Å². The minimum Gasteiger partial charge on any atom is -0.423 e. The van der Waals surface area contributed by atoms with Crippen molar-refractivity contribution in [3.05, 3.63) is 42.6 Å². The molecule has 1 aromatic carbocycles. The Labute approximate surface area is 97.8 Å². The van der Waals surface area contributed by atoms with Gasteiger partial charge in [0.05, 0.1) is 0 Å². The summed E-state index contributed by atoms with van der Waals surface area (Å²) in [6, 6.07) is 11.3. The largest absolute Gasteiger partial charge is 0.423 e. The highest BCUT2D eigenvalue weighted by Crippen LogP contribution is 2.39. The summed E-state index contributed by atoms with van der Waals surface area (Å²) in [6.07, 6.45) is 1.54. The van der Waals surface area contributed by atoms with Crippen LogP contribution >= 0.6 is 6.72 Å². The van der Waals surface area contributed by atoms with Gasteiger partial charge in [-0.1, -0.05) is 30.3 Å². The van der Waals surface area contributed by atoms with Crippen LogP contribution in [-0.2, 0) is 11.8 Å². The fourth-order valence-corrected chi connectivity index (χ4v) is 1.99. The minimum atomic E-state index is -3.65. The molecular weight excluding hydrogens is 245 g/mol. The molecule has 84 valence electrons. The Kier molecular flexibility index (Phi) is 3.12. The smallest absolute Gasteiger partial charge is 0.375 e. The quantitative estimate of drug-likeness (QED) is 0.736. The zero-order valence-corrected chi connectivity index (χ0v) is 9.91. The van der Waals surface area contributed by atoms with Crippen molar-refractivity contribution in [2.45, 2.75) is 0 Å². The molecule has 0 aliphatic heterocycles. The third-order valence-corrected chi connectivity index (χ3v) is 2.64. The maximum atomic E-state index is 9.00. The number of hydrogen-bond donors (Lipinski definition) is 3. The Morgan fingerprint density at radius 1 is 1.19 bits per heavy atom. The molecule has 0 bridgehead atoms. The second-order valence-corrected chi connectivity index (χ2v) is 5.79. The summed E-state index contributed by atoms with van der Waals surface area (Å²) in [6.45, 7) is -3.65. The molecule has 0 aliphatic carbocycles. The molecule has 1 heterocycles. The topological polar surface area (TPSA) is 65.5 Å². The zero-order chi connectivity index (χ0) is 11.6. The first-order valence-corrected chi connectivity index (χ1v) is 7.16. The van der Waals surface area contributed by atoms with Crippen LogP contribution in [-0.4, -0.2) is 14.8 Å². The molecule has 6 heteroatoms. The van der Waals surface area contributed by atoms with Gasteiger partial charge in [-0.05, 0) is 5.56 Å². The van der Waals surface area contributed by atoms with Gasteiger partial charge in [-0.3, -0.25) is 0 Å². The first-order valence-electron chi connectivity index (χ1n) is 4.53. The third-order valence-electron chi connectivity index (χ3n) is 1.97. The van der Waals surface area contributed by atoms with E-state index in [0.29, 0.717) is 5.75 Å². The third kappa shape index (κ3) is 2.93. The Morgan fingerprint density at radius 3 is 2.50 bits per heavy atom. The standard InChI is InChI=1S/C10H10NO3PS/c12-15(13,16)14-9-6-10(11-7-9)8-4-2-1-3-5-8/h1-7,11H,(H2,12,13,16). The first kappa shape index (κ1) is 11.4. The summed E-state index contributed by atoms with van der Waals surface area (Å²) >= 11 is 4.38. The fraction of sp³-hybridized carbons (Fsp3) is 0. The van der Waals surface area contributed by atoms with Crippen LogP contribution in [0.25, 0.3) is 11.3 Å².